The van der Waals surface area contributed by atoms with Crippen LogP contribution >= 0.6 is 11.8 Å². The number of rotatable bonds is 5. The van der Waals surface area contributed by atoms with E-state index in [4.69, 9.17) is 9.47 Å². The van der Waals surface area contributed by atoms with Crippen molar-refractivity contribution < 1.29 is 41.1 Å². The molecule has 0 N–H and O–H groups in total. The fourth-order valence-electron chi connectivity index (χ4n) is 3.62. The number of fused-ring (bicyclic) bond motifs is 1. The molecule has 0 fully saturated rings. The lowest BCUT2D eigenvalue weighted by atomic mass is 9.98. The molecule has 0 bridgehead atoms. The molecular formula is C24H20F4N4O5S. The van der Waals surface area contributed by atoms with E-state index >= 15 is 4.39 Å². The summed E-state index contributed by atoms with van der Waals surface area (Å²) in [5.41, 5.74) is 0.850. The minimum Gasteiger partial charge on any atom is -0.493 e. The summed E-state index contributed by atoms with van der Waals surface area (Å²) in [5.74, 6) is -1.75. The Bertz CT molecular complexity index is 1400. The molecule has 1 amide bonds. The number of thioether (sulfide) groups is 1. The van der Waals surface area contributed by atoms with Crippen molar-refractivity contribution in [3.05, 3.63) is 53.2 Å². The van der Waals surface area contributed by atoms with Crippen LogP contribution in [0.4, 0.5) is 28.0 Å². The molecule has 38 heavy (non-hydrogen) atoms. The lowest BCUT2D eigenvalue weighted by Gasteiger charge is -2.22. The Labute approximate surface area is 217 Å². The fourth-order valence-corrected chi connectivity index (χ4v) is 4.13. The fraction of sp³-hybridized carbons (Fsp3) is 0.292. The molecule has 0 saturated heterocycles. The van der Waals surface area contributed by atoms with Crippen LogP contribution in [0, 0.1) is 5.82 Å². The number of alkyl halides is 3. The van der Waals surface area contributed by atoms with Crippen molar-refractivity contribution in [1.29, 1.82) is 0 Å². The number of aliphatic imine (C=N–C) groups is 2. The van der Waals surface area contributed by atoms with Crippen LogP contribution in [0.15, 0.2) is 44.8 Å². The summed E-state index contributed by atoms with van der Waals surface area (Å²) < 4.78 is 74.2. The molecule has 0 atom stereocenters. The Kier molecular flexibility index (Phi) is 7.99. The highest BCUT2D eigenvalue weighted by Gasteiger charge is 2.38. The van der Waals surface area contributed by atoms with Gasteiger partial charge in [-0.15, -0.1) is 11.8 Å². The molecule has 1 aliphatic heterocycles. The van der Waals surface area contributed by atoms with Gasteiger partial charge in [-0.1, -0.05) is 5.16 Å². The van der Waals surface area contributed by atoms with Gasteiger partial charge < -0.3 is 18.7 Å². The summed E-state index contributed by atoms with van der Waals surface area (Å²) in [5, 5.41) is 3.42. The standard InChI is InChI=1S/C24H20F4N4O5S/c1-34-16-11-15(17(25)14-5-4-10-36-19(14)16)18(21(38-3)31-23(33)35-2)29-13-8-6-12(7-9-13)20-30-22(37-32-20)24(26,27)28/h6-9,11H,4-5,10H2,1-3H3/b29-18?,31-21-. The van der Waals surface area contributed by atoms with Crippen molar-refractivity contribution in [3.63, 3.8) is 0 Å². The monoisotopic (exact) mass is 552 g/mol. The molecule has 0 unspecified atom stereocenters. The van der Waals surface area contributed by atoms with E-state index in [1.54, 1.807) is 6.26 Å². The number of ether oxygens (including phenoxy) is 3. The van der Waals surface area contributed by atoms with Gasteiger partial charge in [0.25, 0.3) is 0 Å². The molecule has 3 aromatic rings. The number of aromatic nitrogens is 2. The predicted octanol–water partition coefficient (Wildman–Crippen LogP) is 5.88. The third-order valence-corrected chi connectivity index (χ3v) is 6.04. The Balaban J connectivity index is 1.82. The van der Waals surface area contributed by atoms with Gasteiger partial charge in [0.1, 0.15) is 16.6 Å². The van der Waals surface area contributed by atoms with Gasteiger partial charge in [0.15, 0.2) is 11.5 Å². The normalized spacial score (nSPS) is 14.1. The average Bonchev–Trinajstić information content (AvgIpc) is 3.43. The van der Waals surface area contributed by atoms with Crippen molar-refractivity contribution in [3.8, 4) is 22.9 Å². The van der Waals surface area contributed by atoms with E-state index in [1.165, 1.54) is 37.4 Å². The topological polar surface area (TPSA) is 108 Å². The van der Waals surface area contributed by atoms with Gasteiger partial charge in [-0.05, 0) is 49.4 Å². The second kappa shape index (κ2) is 11.2. The lowest BCUT2D eigenvalue weighted by Crippen LogP contribution is -2.19. The Hall–Kier alpha value is -3.94. The molecule has 2 aromatic carbocycles. The molecule has 1 aliphatic rings. The molecule has 0 radical (unpaired) electrons. The van der Waals surface area contributed by atoms with Crippen LogP contribution in [-0.4, -0.2) is 54.1 Å². The number of halogens is 4. The van der Waals surface area contributed by atoms with Crippen molar-refractivity contribution in [2.75, 3.05) is 27.1 Å². The van der Waals surface area contributed by atoms with Crippen LogP contribution in [0.5, 0.6) is 11.5 Å². The van der Waals surface area contributed by atoms with E-state index in [-0.39, 0.29) is 39.1 Å². The first-order valence-electron chi connectivity index (χ1n) is 11.0. The minimum absolute atomic E-state index is 0.0127. The van der Waals surface area contributed by atoms with Gasteiger partial charge in [-0.2, -0.15) is 23.1 Å². The predicted molar refractivity (Wildman–Crippen MR) is 131 cm³/mol. The summed E-state index contributed by atoms with van der Waals surface area (Å²) in [7, 11) is 2.58. The summed E-state index contributed by atoms with van der Waals surface area (Å²) in [4.78, 5) is 23.7. The molecule has 0 aliphatic carbocycles. The van der Waals surface area contributed by atoms with E-state index < -0.39 is 24.0 Å². The van der Waals surface area contributed by atoms with Crippen molar-refractivity contribution in [2.24, 2.45) is 9.98 Å². The molecule has 200 valence electrons. The zero-order valence-corrected chi connectivity index (χ0v) is 21.1. The van der Waals surface area contributed by atoms with Gasteiger partial charge in [-0.25, -0.2) is 14.2 Å². The number of nitrogens with zero attached hydrogens (tertiary/aromatic N) is 4. The van der Waals surface area contributed by atoms with Gasteiger partial charge in [0, 0.05) is 16.7 Å². The first kappa shape index (κ1) is 27.1. The van der Waals surface area contributed by atoms with E-state index in [1.807, 2.05) is 0 Å². The van der Waals surface area contributed by atoms with Gasteiger partial charge in [0.05, 0.1) is 26.5 Å². The zero-order chi connectivity index (χ0) is 27.4. The molecule has 0 saturated carbocycles. The zero-order valence-electron chi connectivity index (χ0n) is 20.3. The molecular weight excluding hydrogens is 532 g/mol. The number of methoxy groups -OCH3 is 2. The van der Waals surface area contributed by atoms with E-state index in [0.29, 0.717) is 30.8 Å². The Morgan fingerprint density at radius 2 is 1.92 bits per heavy atom. The molecule has 2 heterocycles. The molecule has 4 rings (SSSR count). The third-order valence-electron chi connectivity index (χ3n) is 5.37. The molecule has 9 nitrogen and oxygen atoms in total. The molecule has 0 spiro atoms. The van der Waals surface area contributed by atoms with E-state index in [9.17, 15) is 18.0 Å². The quantitative estimate of drug-likeness (QED) is 0.220. The maximum atomic E-state index is 15.8. The molecule has 1 aromatic heterocycles. The highest BCUT2D eigenvalue weighted by Crippen LogP contribution is 2.39. The second-order valence-electron chi connectivity index (χ2n) is 7.72. The van der Waals surface area contributed by atoms with Crippen LogP contribution in [-0.2, 0) is 17.3 Å². The number of benzene rings is 2. The summed E-state index contributed by atoms with van der Waals surface area (Å²) in [6, 6.07) is 7.19. The first-order chi connectivity index (χ1) is 18.2. The second-order valence-corrected chi connectivity index (χ2v) is 8.51. The van der Waals surface area contributed by atoms with Crippen LogP contribution < -0.4 is 9.47 Å². The van der Waals surface area contributed by atoms with Crippen molar-refractivity contribution in [2.45, 2.75) is 19.0 Å². The smallest absolute Gasteiger partial charge is 0.471 e. The van der Waals surface area contributed by atoms with Crippen LogP contribution in [0.25, 0.3) is 11.4 Å². The highest BCUT2D eigenvalue weighted by molar-refractivity contribution is 8.15. The Morgan fingerprint density at radius 3 is 2.53 bits per heavy atom. The summed E-state index contributed by atoms with van der Waals surface area (Å²) in [6.45, 7) is 0.417. The van der Waals surface area contributed by atoms with Crippen LogP contribution in [0.1, 0.15) is 23.4 Å². The number of carbonyl (C=O) groups excluding carboxylic acids is 1. The van der Waals surface area contributed by atoms with Gasteiger partial charge >= 0.3 is 18.2 Å². The third kappa shape index (κ3) is 5.64. The first-order valence-corrected chi connectivity index (χ1v) is 12.2. The van der Waals surface area contributed by atoms with Gasteiger partial charge in [-0.3, -0.25) is 0 Å². The maximum Gasteiger partial charge on any atom is 0.471 e. The van der Waals surface area contributed by atoms with E-state index in [0.717, 1.165) is 18.9 Å². The van der Waals surface area contributed by atoms with Crippen LogP contribution in [0.3, 0.4) is 0 Å². The maximum absolute atomic E-state index is 15.8. The minimum atomic E-state index is -4.78. The number of carbonyl (C=O) groups is 1. The SMILES string of the molecule is COC(=O)/N=C(\SC)C(=Nc1ccc(-c2noc(C(F)(F)F)n2)cc1)c1cc(OC)c2c(c1F)CCCO2. The average molecular weight is 553 g/mol. The summed E-state index contributed by atoms with van der Waals surface area (Å²) >= 11 is 1.04. The summed E-state index contributed by atoms with van der Waals surface area (Å²) in [6.07, 6.45) is -3.06. The van der Waals surface area contributed by atoms with E-state index in [2.05, 4.69) is 29.4 Å². The van der Waals surface area contributed by atoms with Crippen molar-refractivity contribution in [1.82, 2.24) is 10.1 Å². The number of hydrogen-bond donors (Lipinski definition) is 0. The number of hydrogen-bond acceptors (Lipinski definition) is 9. The van der Waals surface area contributed by atoms with Crippen LogP contribution in [0.2, 0.25) is 0 Å². The lowest BCUT2D eigenvalue weighted by molar-refractivity contribution is -0.159. The highest BCUT2D eigenvalue weighted by atomic mass is 32.2. The largest absolute Gasteiger partial charge is 0.493 e. The number of amides is 1. The molecule has 14 heteroatoms. The van der Waals surface area contributed by atoms with Crippen molar-refractivity contribution >= 4 is 34.3 Å². The Morgan fingerprint density at radius 1 is 1.18 bits per heavy atom. The van der Waals surface area contributed by atoms with Gasteiger partial charge in [0.2, 0.25) is 5.82 Å².